The zero-order chi connectivity index (χ0) is 14.7. The van der Waals surface area contributed by atoms with E-state index in [4.69, 9.17) is 13.9 Å². The highest BCUT2D eigenvalue weighted by Gasteiger charge is 2.18. The smallest absolute Gasteiger partial charge is 0.322 e. The summed E-state index contributed by atoms with van der Waals surface area (Å²) in [6.45, 7) is 0.805. The van der Waals surface area contributed by atoms with Crippen LogP contribution in [0, 0.1) is 5.82 Å². The summed E-state index contributed by atoms with van der Waals surface area (Å²) in [4.78, 5) is 11.9. The first kappa shape index (κ1) is 13.1. The van der Waals surface area contributed by atoms with Crippen molar-refractivity contribution < 1.29 is 23.1 Å². The lowest BCUT2D eigenvalue weighted by molar-refractivity contribution is 0.101. The monoisotopic (exact) mass is 291 g/mol. The molecule has 2 aromatic rings. The largest absolute Gasteiger partial charge is 0.494 e. The maximum atomic E-state index is 13.5. The van der Waals surface area contributed by atoms with Gasteiger partial charge in [-0.3, -0.25) is 10.1 Å². The standard InChI is InChI=1S/C13H10FN3O4/c14-9-4-2-1-3-8(9)11(18)15-13-17-16-12(21-13)10-7-19-5-6-20-10/h1-4,7H,5-6H2,(H,15,17,18). The molecule has 1 N–H and O–H groups in total. The molecule has 0 bridgehead atoms. The van der Waals surface area contributed by atoms with Crippen LogP contribution in [-0.2, 0) is 9.47 Å². The molecule has 108 valence electrons. The zero-order valence-electron chi connectivity index (χ0n) is 10.7. The maximum Gasteiger partial charge on any atom is 0.322 e. The molecule has 0 fully saturated rings. The highest BCUT2D eigenvalue weighted by molar-refractivity contribution is 6.03. The van der Waals surface area contributed by atoms with Crippen molar-refractivity contribution in [2.45, 2.75) is 0 Å². The lowest BCUT2D eigenvalue weighted by Gasteiger charge is -2.11. The summed E-state index contributed by atoms with van der Waals surface area (Å²) in [7, 11) is 0. The van der Waals surface area contributed by atoms with Crippen molar-refractivity contribution in [2.75, 3.05) is 18.5 Å². The Balaban J connectivity index is 1.74. The Kier molecular flexibility index (Phi) is 3.50. The zero-order valence-corrected chi connectivity index (χ0v) is 10.7. The first-order chi connectivity index (χ1) is 10.2. The third-order valence-electron chi connectivity index (χ3n) is 2.62. The third kappa shape index (κ3) is 2.83. The number of amides is 1. The van der Waals surface area contributed by atoms with Gasteiger partial charge < -0.3 is 13.9 Å². The van der Waals surface area contributed by atoms with Gasteiger partial charge in [0.2, 0.25) is 5.76 Å². The summed E-state index contributed by atoms with van der Waals surface area (Å²) < 4.78 is 29.0. The minimum atomic E-state index is -0.682. The molecule has 1 aromatic heterocycles. The van der Waals surface area contributed by atoms with E-state index < -0.39 is 11.7 Å². The Bertz CT molecular complexity index is 698. The number of halogens is 1. The average Bonchev–Trinajstić information content (AvgIpc) is 2.97. The molecule has 21 heavy (non-hydrogen) atoms. The quantitative estimate of drug-likeness (QED) is 0.928. The number of hydrogen-bond acceptors (Lipinski definition) is 6. The van der Waals surface area contributed by atoms with Gasteiger partial charge in [-0.05, 0) is 12.1 Å². The van der Waals surface area contributed by atoms with Crippen LogP contribution in [0.25, 0.3) is 5.76 Å². The first-order valence-electron chi connectivity index (χ1n) is 6.08. The molecule has 1 aromatic carbocycles. The molecular weight excluding hydrogens is 281 g/mol. The fourth-order valence-corrected chi connectivity index (χ4v) is 1.66. The number of hydrogen-bond donors (Lipinski definition) is 1. The van der Waals surface area contributed by atoms with E-state index in [1.807, 2.05) is 0 Å². The van der Waals surface area contributed by atoms with E-state index in [-0.39, 0.29) is 23.2 Å². The van der Waals surface area contributed by atoms with Gasteiger partial charge in [0.25, 0.3) is 11.8 Å². The fourth-order valence-electron chi connectivity index (χ4n) is 1.66. The van der Waals surface area contributed by atoms with Crippen molar-refractivity contribution in [2.24, 2.45) is 0 Å². The molecule has 1 aliphatic heterocycles. The van der Waals surface area contributed by atoms with E-state index in [0.29, 0.717) is 13.2 Å². The van der Waals surface area contributed by atoms with E-state index in [1.54, 1.807) is 6.07 Å². The maximum absolute atomic E-state index is 13.5. The normalized spacial score (nSPS) is 13.9. The second kappa shape index (κ2) is 5.61. The molecule has 0 atom stereocenters. The van der Waals surface area contributed by atoms with Crippen LogP contribution in [0.5, 0.6) is 0 Å². The number of nitrogens with one attached hydrogen (secondary N) is 1. The number of benzene rings is 1. The molecule has 2 heterocycles. The third-order valence-corrected chi connectivity index (χ3v) is 2.62. The van der Waals surface area contributed by atoms with Crippen molar-refractivity contribution >= 4 is 17.7 Å². The van der Waals surface area contributed by atoms with Gasteiger partial charge in [-0.1, -0.05) is 17.2 Å². The minimum absolute atomic E-state index is 0.0681. The van der Waals surface area contributed by atoms with E-state index in [0.717, 1.165) is 0 Å². The average molecular weight is 291 g/mol. The fraction of sp³-hybridized carbons (Fsp3) is 0.154. The molecule has 7 nitrogen and oxygen atoms in total. The van der Waals surface area contributed by atoms with Crippen LogP contribution in [-0.4, -0.2) is 29.3 Å². The van der Waals surface area contributed by atoms with E-state index in [9.17, 15) is 9.18 Å². The summed E-state index contributed by atoms with van der Waals surface area (Å²) >= 11 is 0. The second-order valence-electron chi connectivity index (χ2n) is 4.05. The number of anilines is 1. The molecule has 0 unspecified atom stereocenters. The van der Waals surface area contributed by atoms with Gasteiger partial charge >= 0.3 is 6.01 Å². The van der Waals surface area contributed by atoms with Crippen LogP contribution in [0.1, 0.15) is 16.2 Å². The number of rotatable bonds is 3. The molecule has 8 heteroatoms. The van der Waals surface area contributed by atoms with Crippen molar-refractivity contribution in [1.29, 1.82) is 0 Å². The number of nitrogens with zero attached hydrogens (tertiary/aromatic N) is 2. The van der Waals surface area contributed by atoms with Crippen LogP contribution in [0.3, 0.4) is 0 Å². The van der Waals surface area contributed by atoms with Gasteiger partial charge in [0.05, 0.1) is 5.56 Å². The summed E-state index contributed by atoms with van der Waals surface area (Å²) in [5.41, 5.74) is -0.117. The molecule has 0 saturated carbocycles. The molecule has 1 aliphatic rings. The van der Waals surface area contributed by atoms with Gasteiger partial charge in [-0.2, -0.15) is 0 Å². The van der Waals surface area contributed by atoms with Crippen molar-refractivity contribution in [3.63, 3.8) is 0 Å². The van der Waals surface area contributed by atoms with E-state index in [2.05, 4.69) is 15.5 Å². The van der Waals surface area contributed by atoms with Crippen molar-refractivity contribution in [3.05, 3.63) is 47.8 Å². The van der Waals surface area contributed by atoms with Crippen LogP contribution in [0.15, 0.2) is 34.9 Å². The van der Waals surface area contributed by atoms with Gasteiger partial charge in [-0.15, -0.1) is 5.10 Å². The van der Waals surface area contributed by atoms with Gasteiger partial charge in [-0.25, -0.2) is 4.39 Å². The minimum Gasteiger partial charge on any atom is -0.494 e. The lowest BCUT2D eigenvalue weighted by atomic mass is 10.2. The molecule has 3 rings (SSSR count). The van der Waals surface area contributed by atoms with Gasteiger partial charge in [0.15, 0.2) is 0 Å². The molecule has 0 radical (unpaired) electrons. The summed E-state index contributed by atoms with van der Waals surface area (Å²) in [5.74, 6) is -0.974. The summed E-state index contributed by atoms with van der Waals surface area (Å²) in [6, 6.07) is 5.42. The van der Waals surface area contributed by atoms with Crippen molar-refractivity contribution in [1.82, 2.24) is 10.2 Å². The predicted octanol–water partition coefficient (Wildman–Crippen LogP) is 1.81. The van der Waals surface area contributed by atoms with Gasteiger partial charge in [0.1, 0.15) is 25.3 Å². The Labute approximate surface area is 118 Å². The molecule has 1 amide bonds. The van der Waals surface area contributed by atoms with E-state index in [1.165, 1.54) is 24.5 Å². The number of carbonyl (C=O) groups is 1. The molecule has 0 spiro atoms. The Hall–Kier alpha value is -2.90. The van der Waals surface area contributed by atoms with Crippen LogP contribution < -0.4 is 5.32 Å². The predicted molar refractivity (Wildman–Crippen MR) is 68.5 cm³/mol. The van der Waals surface area contributed by atoms with Crippen LogP contribution in [0.2, 0.25) is 0 Å². The van der Waals surface area contributed by atoms with Crippen molar-refractivity contribution in [3.8, 4) is 0 Å². The highest BCUT2D eigenvalue weighted by atomic mass is 19.1. The van der Waals surface area contributed by atoms with Gasteiger partial charge in [0, 0.05) is 0 Å². The van der Waals surface area contributed by atoms with Crippen LogP contribution in [0.4, 0.5) is 10.4 Å². The first-order valence-corrected chi connectivity index (χ1v) is 6.08. The molecule has 0 aliphatic carbocycles. The summed E-state index contributed by atoms with van der Waals surface area (Å²) in [6.07, 6.45) is 1.35. The Morgan fingerprint density at radius 1 is 1.24 bits per heavy atom. The number of carbonyl (C=O) groups excluding carboxylic acids is 1. The van der Waals surface area contributed by atoms with Crippen LogP contribution >= 0.6 is 0 Å². The topological polar surface area (TPSA) is 86.5 Å². The summed E-state index contributed by atoms with van der Waals surface area (Å²) in [5, 5.41) is 9.67. The molecular formula is C13H10FN3O4. The second-order valence-corrected chi connectivity index (χ2v) is 4.05. The number of ether oxygens (including phenoxy) is 2. The highest BCUT2D eigenvalue weighted by Crippen LogP contribution is 2.19. The Morgan fingerprint density at radius 2 is 2.10 bits per heavy atom. The number of aromatic nitrogens is 2. The lowest BCUT2D eigenvalue weighted by Crippen LogP contribution is -2.13. The SMILES string of the molecule is O=C(Nc1nnc(C2=COCCO2)o1)c1ccccc1F. The van der Waals surface area contributed by atoms with E-state index >= 15 is 0 Å². The molecule has 0 saturated heterocycles. The Morgan fingerprint density at radius 3 is 2.86 bits per heavy atom.